The van der Waals surface area contributed by atoms with Crippen LogP contribution in [0.1, 0.15) is 19.3 Å². The van der Waals surface area contributed by atoms with Crippen molar-refractivity contribution >= 4 is 5.78 Å². The number of ketones is 1. The fourth-order valence-corrected chi connectivity index (χ4v) is 0.612. The average Bonchev–Trinajstić information content (AvgIpc) is 1.82. The summed E-state index contributed by atoms with van der Waals surface area (Å²) in [7, 11) is 0. The van der Waals surface area contributed by atoms with E-state index in [0.29, 0.717) is 12.8 Å². The van der Waals surface area contributed by atoms with Gasteiger partial charge in [-0.2, -0.15) is 0 Å². The van der Waals surface area contributed by atoms with E-state index < -0.39 is 6.23 Å². The molecular formula is C6H13NO3. The Labute approximate surface area is 59.7 Å². The zero-order valence-corrected chi connectivity index (χ0v) is 5.79. The van der Waals surface area contributed by atoms with E-state index in [1.807, 2.05) is 0 Å². The zero-order valence-electron chi connectivity index (χ0n) is 5.79. The summed E-state index contributed by atoms with van der Waals surface area (Å²) < 4.78 is 0. The van der Waals surface area contributed by atoms with Crippen molar-refractivity contribution in [3.8, 4) is 0 Å². The van der Waals surface area contributed by atoms with Crippen molar-refractivity contribution in [2.45, 2.75) is 25.5 Å². The van der Waals surface area contributed by atoms with Gasteiger partial charge in [0.2, 0.25) is 0 Å². The normalized spacial score (nSPS) is 13.1. The first-order valence-electron chi connectivity index (χ1n) is 3.23. The van der Waals surface area contributed by atoms with E-state index in [1.54, 1.807) is 0 Å². The van der Waals surface area contributed by atoms with Gasteiger partial charge in [0, 0.05) is 19.4 Å². The fraction of sp³-hybridized carbons (Fsp3) is 0.833. The number of nitrogens with two attached hydrogens (primary N) is 1. The molecule has 0 aromatic carbocycles. The SMILES string of the molecule is NC(O)CC(=O)CCCO. The van der Waals surface area contributed by atoms with E-state index in [1.165, 1.54) is 0 Å². The van der Waals surface area contributed by atoms with Crippen LogP contribution in [0.5, 0.6) is 0 Å². The van der Waals surface area contributed by atoms with Crippen LogP contribution < -0.4 is 5.73 Å². The van der Waals surface area contributed by atoms with Crippen LogP contribution in [0.2, 0.25) is 0 Å². The highest BCUT2D eigenvalue weighted by Gasteiger charge is 2.04. The van der Waals surface area contributed by atoms with Gasteiger partial charge < -0.3 is 15.9 Å². The number of hydrogen-bond donors (Lipinski definition) is 3. The predicted molar refractivity (Wildman–Crippen MR) is 36.1 cm³/mol. The number of aliphatic hydroxyl groups excluding tert-OH is 2. The molecular weight excluding hydrogens is 134 g/mol. The summed E-state index contributed by atoms with van der Waals surface area (Å²) >= 11 is 0. The summed E-state index contributed by atoms with van der Waals surface area (Å²) in [5.41, 5.74) is 4.94. The van der Waals surface area contributed by atoms with Crippen molar-refractivity contribution < 1.29 is 15.0 Å². The molecule has 0 fully saturated rings. The van der Waals surface area contributed by atoms with Gasteiger partial charge in [-0.1, -0.05) is 0 Å². The Balaban J connectivity index is 3.26. The third-order valence-electron chi connectivity index (χ3n) is 1.05. The number of carbonyl (C=O) groups excluding carboxylic acids is 1. The van der Waals surface area contributed by atoms with Crippen LogP contribution >= 0.6 is 0 Å². The highest BCUT2D eigenvalue weighted by atomic mass is 16.3. The lowest BCUT2D eigenvalue weighted by Crippen LogP contribution is -2.22. The van der Waals surface area contributed by atoms with Gasteiger partial charge >= 0.3 is 0 Å². The molecule has 4 heteroatoms. The summed E-state index contributed by atoms with van der Waals surface area (Å²) in [6.45, 7) is 0.00636. The van der Waals surface area contributed by atoms with Gasteiger partial charge in [0.05, 0.1) is 0 Å². The third kappa shape index (κ3) is 5.68. The van der Waals surface area contributed by atoms with E-state index >= 15 is 0 Å². The number of carbonyl (C=O) groups is 1. The molecule has 60 valence electrons. The second-order valence-electron chi connectivity index (χ2n) is 2.14. The van der Waals surface area contributed by atoms with E-state index in [2.05, 4.69) is 0 Å². The smallest absolute Gasteiger partial charge is 0.136 e. The first-order chi connectivity index (χ1) is 4.66. The summed E-state index contributed by atoms with van der Waals surface area (Å²) in [5.74, 6) is -0.107. The van der Waals surface area contributed by atoms with Crippen LogP contribution in [0.4, 0.5) is 0 Å². The van der Waals surface area contributed by atoms with Gasteiger partial charge in [-0.05, 0) is 6.42 Å². The Bertz CT molecular complexity index is 103. The molecule has 0 amide bonds. The summed E-state index contributed by atoms with van der Waals surface area (Å²) in [5, 5.41) is 16.8. The Kier molecular flexibility index (Phi) is 5.10. The molecule has 0 saturated heterocycles. The molecule has 4 N–H and O–H groups in total. The highest BCUT2D eigenvalue weighted by Crippen LogP contribution is 1.94. The molecule has 1 unspecified atom stereocenters. The molecule has 0 aliphatic heterocycles. The minimum absolute atomic E-state index is 0.00636. The van der Waals surface area contributed by atoms with Crippen LogP contribution in [0.3, 0.4) is 0 Å². The lowest BCUT2D eigenvalue weighted by molar-refractivity contribution is -0.121. The number of hydrogen-bond acceptors (Lipinski definition) is 4. The van der Waals surface area contributed by atoms with E-state index in [9.17, 15) is 4.79 Å². The van der Waals surface area contributed by atoms with E-state index in [-0.39, 0.29) is 18.8 Å². The molecule has 0 aliphatic rings. The molecule has 0 bridgehead atoms. The van der Waals surface area contributed by atoms with Crippen LogP contribution in [-0.2, 0) is 4.79 Å². The van der Waals surface area contributed by atoms with E-state index in [4.69, 9.17) is 15.9 Å². The monoisotopic (exact) mass is 147 g/mol. The number of rotatable bonds is 5. The Morgan fingerprint density at radius 1 is 1.60 bits per heavy atom. The summed E-state index contributed by atoms with van der Waals surface area (Å²) in [4.78, 5) is 10.7. The van der Waals surface area contributed by atoms with Crippen molar-refractivity contribution in [3.63, 3.8) is 0 Å². The van der Waals surface area contributed by atoms with Crippen LogP contribution in [0.25, 0.3) is 0 Å². The molecule has 4 nitrogen and oxygen atoms in total. The maximum atomic E-state index is 10.7. The average molecular weight is 147 g/mol. The van der Waals surface area contributed by atoms with Gasteiger partial charge in [-0.3, -0.25) is 4.79 Å². The zero-order chi connectivity index (χ0) is 7.98. The Hall–Kier alpha value is -0.450. The molecule has 1 atom stereocenters. The van der Waals surface area contributed by atoms with Crippen LogP contribution in [0.15, 0.2) is 0 Å². The third-order valence-corrected chi connectivity index (χ3v) is 1.05. The van der Waals surface area contributed by atoms with E-state index in [0.717, 1.165) is 0 Å². The van der Waals surface area contributed by atoms with Gasteiger partial charge in [-0.25, -0.2) is 0 Å². The van der Waals surface area contributed by atoms with Crippen molar-refractivity contribution in [2.24, 2.45) is 5.73 Å². The lowest BCUT2D eigenvalue weighted by atomic mass is 10.1. The van der Waals surface area contributed by atoms with Gasteiger partial charge in [0.1, 0.15) is 12.0 Å². The van der Waals surface area contributed by atoms with Crippen molar-refractivity contribution in [3.05, 3.63) is 0 Å². The number of aliphatic hydroxyl groups is 2. The minimum atomic E-state index is -1.05. The highest BCUT2D eigenvalue weighted by molar-refractivity contribution is 5.78. The minimum Gasteiger partial charge on any atom is -0.396 e. The van der Waals surface area contributed by atoms with Crippen molar-refractivity contribution in [1.29, 1.82) is 0 Å². The second kappa shape index (κ2) is 5.34. The fourth-order valence-electron chi connectivity index (χ4n) is 0.612. The Morgan fingerprint density at radius 3 is 2.60 bits per heavy atom. The standard InChI is InChI=1S/C6H13NO3/c7-6(10)4-5(9)2-1-3-8/h6,8,10H,1-4,7H2. The van der Waals surface area contributed by atoms with Gasteiger partial charge in [0.25, 0.3) is 0 Å². The first kappa shape index (κ1) is 9.55. The molecule has 0 rings (SSSR count). The molecule has 0 radical (unpaired) electrons. The van der Waals surface area contributed by atoms with Crippen molar-refractivity contribution in [2.75, 3.05) is 6.61 Å². The largest absolute Gasteiger partial charge is 0.396 e. The second-order valence-corrected chi connectivity index (χ2v) is 2.14. The van der Waals surface area contributed by atoms with Crippen LogP contribution in [-0.4, -0.2) is 28.8 Å². The predicted octanol–water partition coefficient (Wildman–Crippen LogP) is -1.00. The van der Waals surface area contributed by atoms with Crippen molar-refractivity contribution in [1.82, 2.24) is 0 Å². The van der Waals surface area contributed by atoms with Gasteiger partial charge in [-0.15, -0.1) is 0 Å². The first-order valence-corrected chi connectivity index (χ1v) is 3.23. The maximum Gasteiger partial charge on any atom is 0.136 e. The summed E-state index contributed by atoms with van der Waals surface area (Å²) in [6, 6.07) is 0. The van der Waals surface area contributed by atoms with Gasteiger partial charge in [0.15, 0.2) is 0 Å². The lowest BCUT2D eigenvalue weighted by Gasteiger charge is -2.01. The quantitative estimate of drug-likeness (QED) is 0.435. The number of Topliss-reactive ketones (excluding diaryl/α,β-unsaturated/α-hetero) is 1. The molecule has 0 aromatic heterocycles. The molecule has 10 heavy (non-hydrogen) atoms. The molecule has 0 aromatic rings. The molecule has 0 spiro atoms. The summed E-state index contributed by atoms with van der Waals surface area (Å²) in [6.07, 6.45) is -0.317. The topological polar surface area (TPSA) is 83.5 Å². The Morgan fingerprint density at radius 2 is 2.20 bits per heavy atom. The molecule has 0 aliphatic carbocycles. The maximum absolute atomic E-state index is 10.7. The molecule has 0 heterocycles. The van der Waals surface area contributed by atoms with Crippen LogP contribution in [0, 0.1) is 0 Å². The molecule has 0 saturated carbocycles.